The molecule has 0 fully saturated rings. The Hall–Kier alpha value is -0.700. The number of pyridine rings is 1. The van der Waals surface area contributed by atoms with Crippen LogP contribution >= 0.6 is 25.3 Å². The highest BCUT2D eigenvalue weighted by Crippen LogP contribution is 2.28. The van der Waals surface area contributed by atoms with Crippen LogP contribution in [-0.2, 0) is 13.0 Å². The smallest absolute Gasteiger partial charge is 0.253 e. The van der Waals surface area contributed by atoms with Crippen LogP contribution in [0.4, 0.5) is 0 Å². The van der Waals surface area contributed by atoms with E-state index in [2.05, 4.69) is 41.0 Å². The number of hydrogen-bond acceptors (Lipinski definition) is 2. The molecule has 1 aliphatic rings. The van der Waals surface area contributed by atoms with Crippen molar-refractivity contribution in [1.29, 1.82) is 0 Å². The first-order valence-electron chi connectivity index (χ1n) is 5.48. The molecule has 1 aromatic carbocycles. The number of nitrogens with zero attached hydrogens (tertiary/aromatic N) is 1. The molecule has 0 amide bonds. The third-order valence-electron chi connectivity index (χ3n) is 3.23. The van der Waals surface area contributed by atoms with E-state index in [4.69, 9.17) is 0 Å². The second-order valence-corrected chi connectivity index (χ2v) is 5.88. The maximum Gasteiger partial charge on any atom is 0.253 e. The Balaban J connectivity index is 2.39. The van der Waals surface area contributed by atoms with Crippen LogP contribution in [0.1, 0.15) is 11.1 Å². The van der Waals surface area contributed by atoms with Gasteiger partial charge in [0.05, 0.1) is 5.52 Å². The van der Waals surface area contributed by atoms with Crippen LogP contribution in [0.15, 0.2) is 27.5 Å². The zero-order valence-corrected chi connectivity index (χ0v) is 11.9. The molecule has 88 valence electrons. The number of rotatable bonds is 0. The van der Waals surface area contributed by atoms with Gasteiger partial charge in [0.15, 0.2) is 0 Å². The monoisotopic (exact) mass is 310 g/mol. The molecule has 1 aliphatic heterocycles. The number of H-pyrrole nitrogens is 1. The summed E-state index contributed by atoms with van der Waals surface area (Å²) < 4.78 is 3.05. The van der Waals surface area contributed by atoms with Crippen molar-refractivity contribution in [1.82, 2.24) is 9.65 Å². The number of hydrogen-bond donors (Lipinski definition) is 1. The molecule has 3 rings (SSSR count). The van der Waals surface area contributed by atoms with Crippen LogP contribution in [0.5, 0.6) is 0 Å². The normalized spacial score (nSPS) is 16.1. The molecule has 0 aliphatic carbocycles. The van der Waals surface area contributed by atoms with Gasteiger partial charge in [-0.3, -0.25) is 9.46 Å². The first-order chi connectivity index (χ1) is 8.16. The van der Waals surface area contributed by atoms with Crippen LogP contribution in [0.25, 0.3) is 10.9 Å². The standard InChI is InChI=1S/C12H12BrN2OP/c13-10-3-1-2-8-7-4-5-15(17)6-9(7)12(16)14-11(8)10/h1-3H,4-6,17H2,(H,14,16). The van der Waals surface area contributed by atoms with E-state index in [1.54, 1.807) is 0 Å². The van der Waals surface area contributed by atoms with Crippen molar-refractivity contribution in [2.45, 2.75) is 13.0 Å². The minimum atomic E-state index is 0.0338. The Bertz CT molecular complexity index is 653. The molecule has 1 unspecified atom stereocenters. The highest BCUT2D eigenvalue weighted by Gasteiger charge is 2.19. The summed E-state index contributed by atoms with van der Waals surface area (Å²) in [5, 5.41) is 1.16. The van der Waals surface area contributed by atoms with Gasteiger partial charge in [0.2, 0.25) is 0 Å². The minimum Gasteiger partial charge on any atom is -0.321 e. The lowest BCUT2D eigenvalue weighted by molar-refractivity contribution is 0.442. The van der Waals surface area contributed by atoms with Crippen LogP contribution in [0.2, 0.25) is 0 Å². The lowest BCUT2D eigenvalue weighted by Gasteiger charge is -2.25. The van der Waals surface area contributed by atoms with E-state index in [-0.39, 0.29) is 5.56 Å². The molecule has 0 saturated heterocycles. The highest BCUT2D eigenvalue weighted by atomic mass is 79.9. The third-order valence-corrected chi connectivity index (χ3v) is 4.33. The summed E-state index contributed by atoms with van der Waals surface area (Å²) in [5.74, 6) is 0. The van der Waals surface area contributed by atoms with E-state index < -0.39 is 0 Å². The quantitative estimate of drug-likeness (QED) is 0.759. The van der Waals surface area contributed by atoms with E-state index in [0.29, 0.717) is 6.54 Å². The molecule has 2 aromatic rings. The second-order valence-electron chi connectivity index (χ2n) is 4.29. The van der Waals surface area contributed by atoms with E-state index >= 15 is 0 Å². The van der Waals surface area contributed by atoms with E-state index in [1.165, 1.54) is 5.56 Å². The zero-order valence-electron chi connectivity index (χ0n) is 9.16. The summed E-state index contributed by atoms with van der Waals surface area (Å²) in [7, 11) is 2.67. The Kier molecular flexibility index (Phi) is 2.81. The summed E-state index contributed by atoms with van der Waals surface area (Å²) in [6, 6.07) is 6.04. The number of fused-ring (bicyclic) bond motifs is 3. The topological polar surface area (TPSA) is 36.1 Å². The zero-order chi connectivity index (χ0) is 12.0. The van der Waals surface area contributed by atoms with Gasteiger partial charge in [-0.05, 0) is 34.0 Å². The van der Waals surface area contributed by atoms with Gasteiger partial charge in [0, 0.05) is 28.5 Å². The van der Waals surface area contributed by atoms with Crippen LogP contribution in [-0.4, -0.2) is 16.2 Å². The fourth-order valence-electron chi connectivity index (χ4n) is 2.38. The largest absolute Gasteiger partial charge is 0.321 e. The Morgan fingerprint density at radius 1 is 1.35 bits per heavy atom. The number of aromatic nitrogens is 1. The van der Waals surface area contributed by atoms with Gasteiger partial charge in [-0.2, -0.15) is 0 Å². The molecule has 3 nitrogen and oxygen atoms in total. The van der Waals surface area contributed by atoms with Crippen molar-refractivity contribution in [3.8, 4) is 0 Å². The third kappa shape index (κ3) is 1.85. The summed E-state index contributed by atoms with van der Waals surface area (Å²) >= 11 is 3.49. The lowest BCUT2D eigenvalue weighted by Crippen LogP contribution is -2.29. The second kappa shape index (κ2) is 4.20. The van der Waals surface area contributed by atoms with Gasteiger partial charge >= 0.3 is 0 Å². The lowest BCUT2D eigenvalue weighted by atomic mass is 9.98. The number of para-hydroxylation sites is 1. The molecule has 2 heterocycles. The maximum atomic E-state index is 12.1. The van der Waals surface area contributed by atoms with Gasteiger partial charge in [0.25, 0.3) is 5.56 Å². The predicted octanol–water partition coefficient (Wildman–Crippen LogP) is 2.44. The van der Waals surface area contributed by atoms with E-state index in [9.17, 15) is 4.79 Å². The number of benzene rings is 1. The van der Waals surface area contributed by atoms with Crippen molar-refractivity contribution < 1.29 is 0 Å². The summed E-state index contributed by atoms with van der Waals surface area (Å²) in [6.45, 7) is 1.68. The fourth-order valence-corrected chi connectivity index (χ4v) is 3.16. The average molecular weight is 311 g/mol. The van der Waals surface area contributed by atoms with Crippen LogP contribution in [0.3, 0.4) is 0 Å². The summed E-state index contributed by atoms with van der Waals surface area (Å²) in [6.07, 6.45) is 0.926. The van der Waals surface area contributed by atoms with Gasteiger partial charge in [-0.25, -0.2) is 0 Å². The molecule has 17 heavy (non-hydrogen) atoms. The molecule has 0 radical (unpaired) electrons. The van der Waals surface area contributed by atoms with Crippen molar-refractivity contribution in [2.75, 3.05) is 6.54 Å². The van der Waals surface area contributed by atoms with Crippen molar-refractivity contribution >= 4 is 36.2 Å². The molecule has 1 aromatic heterocycles. The summed E-state index contributed by atoms with van der Waals surface area (Å²) in [4.78, 5) is 15.0. The first kappa shape index (κ1) is 11.4. The average Bonchev–Trinajstić information content (AvgIpc) is 2.31. The Morgan fingerprint density at radius 3 is 3.00 bits per heavy atom. The molecule has 1 N–H and O–H groups in total. The Labute approximate surface area is 110 Å². The van der Waals surface area contributed by atoms with Crippen molar-refractivity contribution in [3.05, 3.63) is 44.2 Å². The fraction of sp³-hybridized carbons (Fsp3) is 0.250. The van der Waals surface area contributed by atoms with E-state index in [0.717, 1.165) is 33.9 Å². The van der Waals surface area contributed by atoms with Crippen LogP contribution in [0, 0.1) is 0 Å². The predicted molar refractivity (Wildman–Crippen MR) is 76.1 cm³/mol. The van der Waals surface area contributed by atoms with Gasteiger partial charge in [-0.1, -0.05) is 21.5 Å². The number of halogens is 1. The first-order valence-corrected chi connectivity index (χ1v) is 6.79. The van der Waals surface area contributed by atoms with Crippen LogP contribution < -0.4 is 5.56 Å². The van der Waals surface area contributed by atoms with Gasteiger partial charge in [-0.15, -0.1) is 0 Å². The SMILES string of the molecule is O=c1[nH]c2c(Br)cccc2c2c1CN(P)CC2. The van der Waals surface area contributed by atoms with Crippen molar-refractivity contribution in [3.63, 3.8) is 0 Å². The van der Waals surface area contributed by atoms with Crippen molar-refractivity contribution in [2.24, 2.45) is 0 Å². The molecule has 0 bridgehead atoms. The Morgan fingerprint density at radius 2 is 2.18 bits per heavy atom. The number of aromatic amines is 1. The molecular weight excluding hydrogens is 299 g/mol. The maximum absolute atomic E-state index is 12.1. The molecule has 0 saturated carbocycles. The number of nitrogens with one attached hydrogen (secondary N) is 1. The van der Waals surface area contributed by atoms with Gasteiger partial charge in [0.1, 0.15) is 0 Å². The van der Waals surface area contributed by atoms with Gasteiger partial charge < -0.3 is 4.98 Å². The molecule has 0 spiro atoms. The minimum absolute atomic E-state index is 0.0338. The summed E-state index contributed by atoms with van der Waals surface area (Å²) in [5.41, 5.74) is 3.04. The van der Waals surface area contributed by atoms with E-state index in [1.807, 2.05) is 12.1 Å². The molecule has 5 heteroatoms. The molecule has 1 atom stereocenters. The molecular formula is C12H12BrN2OP. The highest BCUT2D eigenvalue weighted by molar-refractivity contribution is 9.10.